The molecule has 0 saturated heterocycles. The highest BCUT2D eigenvalue weighted by molar-refractivity contribution is 6.07. The molecule has 8 nitrogen and oxygen atoms in total. The van der Waals surface area contributed by atoms with E-state index in [2.05, 4.69) is 15.5 Å². The van der Waals surface area contributed by atoms with Crippen molar-refractivity contribution in [3.8, 4) is 11.5 Å². The Labute approximate surface area is 197 Å². The van der Waals surface area contributed by atoms with Crippen LogP contribution in [0.4, 0.5) is 0 Å². The van der Waals surface area contributed by atoms with Crippen molar-refractivity contribution in [2.75, 3.05) is 19.8 Å². The van der Waals surface area contributed by atoms with Crippen LogP contribution < -0.4 is 20.3 Å². The monoisotopic (exact) mass is 462 g/mol. The molecule has 1 amide bonds. The molecule has 34 heavy (non-hydrogen) atoms. The summed E-state index contributed by atoms with van der Waals surface area (Å²) in [6.07, 6.45) is 3.39. The maximum Gasteiger partial charge on any atom is 0.288 e. The van der Waals surface area contributed by atoms with Gasteiger partial charge >= 0.3 is 0 Å². The minimum atomic E-state index is -0.222. The quantitative estimate of drug-likeness (QED) is 0.353. The summed E-state index contributed by atoms with van der Waals surface area (Å²) in [6, 6.07) is 13.7. The Morgan fingerprint density at radius 3 is 2.68 bits per heavy atom. The molecule has 2 heterocycles. The Morgan fingerprint density at radius 2 is 1.85 bits per heavy atom. The first kappa shape index (κ1) is 23.4. The lowest BCUT2D eigenvalue weighted by Crippen LogP contribution is -2.25. The predicted molar refractivity (Wildman–Crippen MR) is 133 cm³/mol. The zero-order chi connectivity index (χ0) is 23.9. The van der Waals surface area contributed by atoms with Crippen LogP contribution in [0.25, 0.3) is 21.8 Å². The van der Waals surface area contributed by atoms with E-state index in [1.807, 2.05) is 60.9 Å². The molecule has 178 valence electrons. The molecule has 0 saturated carbocycles. The largest absolute Gasteiger partial charge is 0.490 e. The van der Waals surface area contributed by atoms with E-state index < -0.39 is 0 Å². The number of rotatable bonds is 11. The van der Waals surface area contributed by atoms with Gasteiger partial charge < -0.3 is 19.4 Å². The van der Waals surface area contributed by atoms with Gasteiger partial charge in [0.2, 0.25) is 5.91 Å². The van der Waals surface area contributed by atoms with Gasteiger partial charge in [0.25, 0.3) is 5.56 Å². The normalized spacial score (nSPS) is 11.1. The Hall–Kier alpha value is -3.81. The number of aromatic nitrogens is 3. The Bertz CT molecular complexity index is 1340. The minimum absolute atomic E-state index is 0.00712. The highest BCUT2D eigenvalue weighted by Crippen LogP contribution is 2.29. The molecule has 0 atom stereocenters. The average molecular weight is 463 g/mol. The molecule has 0 unspecified atom stereocenters. The number of ether oxygens (including phenoxy) is 2. The summed E-state index contributed by atoms with van der Waals surface area (Å²) in [7, 11) is 0. The zero-order valence-corrected chi connectivity index (χ0v) is 19.6. The van der Waals surface area contributed by atoms with Crippen LogP contribution in [0.2, 0.25) is 0 Å². The van der Waals surface area contributed by atoms with Crippen LogP contribution in [0.5, 0.6) is 11.5 Å². The van der Waals surface area contributed by atoms with Crippen molar-refractivity contribution < 1.29 is 14.3 Å². The number of amides is 1. The first-order valence-corrected chi connectivity index (χ1v) is 11.7. The lowest BCUT2D eigenvalue weighted by molar-refractivity contribution is -0.121. The second kappa shape index (κ2) is 10.9. The van der Waals surface area contributed by atoms with Gasteiger partial charge in [0.05, 0.1) is 19.4 Å². The van der Waals surface area contributed by atoms with Crippen molar-refractivity contribution in [1.29, 1.82) is 0 Å². The van der Waals surface area contributed by atoms with Crippen LogP contribution in [-0.2, 0) is 17.8 Å². The molecule has 8 heteroatoms. The molecule has 0 aliphatic carbocycles. The van der Waals surface area contributed by atoms with E-state index in [-0.39, 0.29) is 11.5 Å². The molecule has 4 rings (SSSR count). The smallest absolute Gasteiger partial charge is 0.288 e. The average Bonchev–Trinajstić information content (AvgIpc) is 3.16. The van der Waals surface area contributed by atoms with E-state index in [0.29, 0.717) is 51.1 Å². The summed E-state index contributed by atoms with van der Waals surface area (Å²) in [5.74, 6) is 1.45. The number of aryl methyl sites for hydroxylation is 1. The second-order valence-corrected chi connectivity index (χ2v) is 7.98. The fourth-order valence-corrected chi connectivity index (χ4v) is 4.23. The number of hydrogen-bond acceptors (Lipinski definition) is 5. The van der Waals surface area contributed by atoms with Crippen molar-refractivity contribution >= 4 is 27.7 Å². The minimum Gasteiger partial charge on any atom is -0.490 e. The maximum atomic E-state index is 12.4. The summed E-state index contributed by atoms with van der Waals surface area (Å²) in [4.78, 5) is 24.9. The number of hydrogen-bond donors (Lipinski definition) is 2. The van der Waals surface area contributed by atoms with Crippen LogP contribution in [0.15, 0.2) is 53.5 Å². The molecule has 2 aromatic heterocycles. The number of benzene rings is 2. The Morgan fingerprint density at radius 1 is 1.06 bits per heavy atom. The van der Waals surface area contributed by atoms with E-state index in [0.717, 1.165) is 33.4 Å². The molecule has 0 aliphatic rings. The molecular formula is C26H30N4O4. The summed E-state index contributed by atoms with van der Waals surface area (Å²) >= 11 is 0. The molecule has 0 aliphatic heterocycles. The number of H-pyrrole nitrogens is 1. The van der Waals surface area contributed by atoms with Crippen LogP contribution >= 0.6 is 0 Å². The van der Waals surface area contributed by atoms with Gasteiger partial charge in [0, 0.05) is 35.8 Å². The van der Waals surface area contributed by atoms with E-state index in [1.165, 1.54) is 0 Å². The SMILES string of the molecule is CCOc1ccc(CCNC(=O)CCCn2c3ccccc3c3cn[nH]c(=O)c32)cc1OCC. The predicted octanol–water partition coefficient (Wildman–Crippen LogP) is 3.81. The summed E-state index contributed by atoms with van der Waals surface area (Å²) in [6.45, 7) is 6.13. The van der Waals surface area contributed by atoms with E-state index >= 15 is 0 Å². The first-order chi connectivity index (χ1) is 16.6. The molecule has 2 aromatic carbocycles. The highest BCUT2D eigenvalue weighted by atomic mass is 16.5. The first-order valence-electron chi connectivity index (χ1n) is 11.7. The fourth-order valence-electron chi connectivity index (χ4n) is 4.23. The number of aromatic amines is 1. The van der Waals surface area contributed by atoms with Gasteiger partial charge in [-0.2, -0.15) is 5.10 Å². The molecule has 4 aromatic rings. The van der Waals surface area contributed by atoms with Crippen LogP contribution in [0, 0.1) is 0 Å². The lowest BCUT2D eigenvalue weighted by atomic mass is 10.1. The molecule has 0 radical (unpaired) electrons. The van der Waals surface area contributed by atoms with Gasteiger partial charge in [0.15, 0.2) is 11.5 Å². The van der Waals surface area contributed by atoms with E-state index in [1.54, 1.807) is 6.20 Å². The molecule has 2 N–H and O–H groups in total. The number of nitrogens with zero attached hydrogens (tertiary/aromatic N) is 2. The third-order valence-electron chi connectivity index (χ3n) is 5.71. The summed E-state index contributed by atoms with van der Waals surface area (Å²) in [5, 5.41) is 11.3. The van der Waals surface area contributed by atoms with Gasteiger partial charge in [-0.05, 0) is 50.5 Å². The van der Waals surface area contributed by atoms with Gasteiger partial charge in [-0.3, -0.25) is 9.59 Å². The van der Waals surface area contributed by atoms with E-state index in [4.69, 9.17) is 9.47 Å². The topological polar surface area (TPSA) is 98.2 Å². The molecular weight excluding hydrogens is 432 g/mol. The number of carbonyl (C=O) groups excluding carboxylic acids is 1. The lowest BCUT2D eigenvalue weighted by Gasteiger charge is -2.13. The standard InChI is InChI=1S/C26H30N4O4/c1-3-33-22-12-11-18(16-23(22)34-4-2)13-14-27-24(31)10-7-15-30-21-9-6-5-8-19(21)20-17-28-29-26(32)25(20)30/h5-6,8-9,11-12,16-17H,3-4,7,10,13-15H2,1-2H3,(H,27,31)(H,29,32). The third-order valence-corrected chi connectivity index (χ3v) is 5.71. The van der Waals surface area contributed by atoms with Crippen LogP contribution in [-0.4, -0.2) is 40.4 Å². The van der Waals surface area contributed by atoms with E-state index in [9.17, 15) is 9.59 Å². The van der Waals surface area contributed by atoms with Crippen molar-refractivity contribution in [3.63, 3.8) is 0 Å². The number of nitrogens with one attached hydrogen (secondary N) is 2. The summed E-state index contributed by atoms with van der Waals surface area (Å²) < 4.78 is 13.3. The highest BCUT2D eigenvalue weighted by Gasteiger charge is 2.14. The van der Waals surface area contributed by atoms with Crippen molar-refractivity contribution in [1.82, 2.24) is 20.1 Å². The van der Waals surface area contributed by atoms with Crippen molar-refractivity contribution in [3.05, 3.63) is 64.6 Å². The molecule has 0 spiro atoms. The van der Waals surface area contributed by atoms with Crippen molar-refractivity contribution in [2.45, 2.75) is 39.7 Å². The Kier molecular flexibility index (Phi) is 7.47. The van der Waals surface area contributed by atoms with Crippen LogP contribution in [0.1, 0.15) is 32.3 Å². The summed E-state index contributed by atoms with van der Waals surface area (Å²) in [5.41, 5.74) is 2.42. The third kappa shape index (κ3) is 5.06. The fraction of sp³-hybridized carbons (Fsp3) is 0.346. The number of carbonyl (C=O) groups is 1. The molecule has 0 fully saturated rings. The van der Waals surface area contributed by atoms with Gasteiger partial charge in [-0.1, -0.05) is 24.3 Å². The second-order valence-electron chi connectivity index (χ2n) is 7.98. The zero-order valence-electron chi connectivity index (χ0n) is 19.6. The van der Waals surface area contributed by atoms with Crippen molar-refractivity contribution in [2.24, 2.45) is 0 Å². The van der Waals surface area contributed by atoms with Gasteiger partial charge in [-0.15, -0.1) is 0 Å². The van der Waals surface area contributed by atoms with Gasteiger partial charge in [-0.25, -0.2) is 5.10 Å². The van der Waals surface area contributed by atoms with Gasteiger partial charge in [0.1, 0.15) is 5.52 Å². The molecule has 0 bridgehead atoms. The number of para-hydroxylation sites is 1. The maximum absolute atomic E-state index is 12.4. The number of fused-ring (bicyclic) bond motifs is 3. The Balaban J connectivity index is 1.33. The van der Waals surface area contributed by atoms with Crippen LogP contribution in [0.3, 0.4) is 0 Å².